The van der Waals surface area contributed by atoms with Gasteiger partial charge in [-0.15, -0.1) is 8.58 Å². The number of unbranched alkanes of at least 4 members (excludes halogenated alkanes) is 7. The van der Waals surface area contributed by atoms with E-state index in [0.717, 1.165) is 21.4 Å². The summed E-state index contributed by atoms with van der Waals surface area (Å²) < 4.78 is 19.1. The summed E-state index contributed by atoms with van der Waals surface area (Å²) in [6.45, 7) is 11.1. The van der Waals surface area contributed by atoms with Crippen molar-refractivity contribution >= 4 is 8.58 Å². The molecular weight excluding hydrogens is 343 g/mol. The molecule has 4 rings (SSSR count). The largest absolute Gasteiger partial charge is 0.343 e. The molecule has 4 heterocycles. The Hall–Kier alpha value is 0.310. The fourth-order valence-corrected chi connectivity index (χ4v) is 7.93. The van der Waals surface area contributed by atoms with Crippen molar-refractivity contribution in [2.24, 2.45) is 5.92 Å². The van der Waals surface area contributed by atoms with Crippen LogP contribution in [0.4, 0.5) is 0 Å². The topological polar surface area (TPSA) is 27.7 Å². The van der Waals surface area contributed by atoms with Gasteiger partial charge in [0.05, 0.1) is 11.2 Å². The maximum atomic E-state index is 6.49. The fourth-order valence-electron chi connectivity index (χ4n) is 6.07. The molecule has 0 N–H and O–H groups in total. The second-order valence-electron chi connectivity index (χ2n) is 9.78. The van der Waals surface area contributed by atoms with Crippen LogP contribution in [0.15, 0.2) is 0 Å². The molecule has 4 bridgehead atoms. The summed E-state index contributed by atoms with van der Waals surface area (Å²) in [5.41, 5.74) is -0.196. The van der Waals surface area contributed by atoms with Crippen molar-refractivity contribution in [2.75, 3.05) is 12.3 Å². The van der Waals surface area contributed by atoms with E-state index in [4.69, 9.17) is 14.2 Å². The zero-order valence-electron chi connectivity index (χ0n) is 17.8. The smallest absolute Gasteiger partial charge is 0.172 e. The van der Waals surface area contributed by atoms with E-state index in [1.165, 1.54) is 63.7 Å². The number of ether oxygens (including phenoxy) is 3. The Labute approximate surface area is 163 Å². The molecule has 4 aliphatic rings. The Morgan fingerprint density at radius 2 is 1.23 bits per heavy atom. The highest BCUT2D eigenvalue weighted by Gasteiger charge is 2.70. The van der Waals surface area contributed by atoms with Crippen LogP contribution in [0.25, 0.3) is 0 Å². The molecule has 5 atom stereocenters. The van der Waals surface area contributed by atoms with Crippen molar-refractivity contribution in [1.29, 1.82) is 0 Å². The van der Waals surface area contributed by atoms with E-state index < -0.39 is 11.6 Å². The van der Waals surface area contributed by atoms with E-state index in [1.54, 1.807) is 0 Å². The van der Waals surface area contributed by atoms with E-state index in [9.17, 15) is 0 Å². The molecule has 0 radical (unpaired) electrons. The minimum Gasteiger partial charge on any atom is -0.343 e. The Bertz CT molecular complexity index is 436. The molecule has 0 aromatic carbocycles. The third-order valence-corrected chi connectivity index (χ3v) is 8.11. The summed E-state index contributed by atoms with van der Waals surface area (Å²) in [7, 11) is 1.03. The molecule has 4 fully saturated rings. The number of rotatable bonds is 11. The van der Waals surface area contributed by atoms with Gasteiger partial charge in [-0.1, -0.05) is 51.9 Å². The van der Waals surface area contributed by atoms with Gasteiger partial charge in [-0.25, -0.2) is 0 Å². The van der Waals surface area contributed by atoms with E-state index >= 15 is 0 Å². The maximum Gasteiger partial charge on any atom is 0.172 e. The van der Waals surface area contributed by atoms with Crippen LogP contribution in [0, 0.1) is 5.92 Å². The van der Waals surface area contributed by atoms with Gasteiger partial charge in [0.25, 0.3) is 0 Å². The quantitative estimate of drug-likeness (QED) is 0.312. The standard InChI is InChI=1S/C22H41O3P/c1-6-7-8-9-10-11-12-13-14-26-15-18-19(2)16-21(4)24-20(18,3)17-22(5,23-19)25-21/h18,26H,6-17H2,1-5H3. The van der Waals surface area contributed by atoms with Crippen LogP contribution < -0.4 is 0 Å². The highest BCUT2D eigenvalue weighted by atomic mass is 31.1. The lowest BCUT2D eigenvalue weighted by atomic mass is 9.65. The first-order valence-electron chi connectivity index (χ1n) is 11.0. The molecule has 4 heteroatoms. The summed E-state index contributed by atoms with van der Waals surface area (Å²) >= 11 is 0. The fraction of sp³-hybridized carbons (Fsp3) is 1.00. The molecule has 152 valence electrons. The van der Waals surface area contributed by atoms with Crippen LogP contribution in [0.1, 0.15) is 98.8 Å². The summed E-state index contributed by atoms with van der Waals surface area (Å²) in [6.07, 6.45) is 15.6. The van der Waals surface area contributed by atoms with Crippen LogP contribution in [0.5, 0.6) is 0 Å². The van der Waals surface area contributed by atoms with Gasteiger partial charge in [-0.3, -0.25) is 0 Å². The van der Waals surface area contributed by atoms with Crippen LogP contribution in [0.3, 0.4) is 0 Å². The first kappa shape index (κ1) is 21.0. The molecule has 0 amide bonds. The average molecular weight is 385 g/mol. The third-order valence-electron chi connectivity index (χ3n) is 6.70. The van der Waals surface area contributed by atoms with Gasteiger partial charge in [0.2, 0.25) is 0 Å². The summed E-state index contributed by atoms with van der Waals surface area (Å²) in [5.74, 6) is -0.439. The normalized spacial score (nSPS) is 44.4. The van der Waals surface area contributed by atoms with Crippen LogP contribution in [-0.2, 0) is 14.2 Å². The Balaban J connectivity index is 1.39. The molecule has 0 aliphatic carbocycles. The first-order chi connectivity index (χ1) is 12.2. The molecular formula is C22H41O3P. The molecule has 4 saturated heterocycles. The highest BCUT2D eigenvalue weighted by Crippen LogP contribution is 2.62. The van der Waals surface area contributed by atoms with Gasteiger partial charge in [-0.2, -0.15) is 0 Å². The van der Waals surface area contributed by atoms with E-state index in [1.807, 2.05) is 0 Å². The van der Waals surface area contributed by atoms with Crippen molar-refractivity contribution in [3.63, 3.8) is 0 Å². The van der Waals surface area contributed by atoms with Gasteiger partial charge in [0, 0.05) is 18.8 Å². The maximum absolute atomic E-state index is 6.49. The summed E-state index contributed by atoms with van der Waals surface area (Å²) in [4.78, 5) is 0. The van der Waals surface area contributed by atoms with Gasteiger partial charge >= 0.3 is 0 Å². The molecule has 0 aromatic heterocycles. The Morgan fingerprint density at radius 3 is 1.77 bits per heavy atom. The zero-order chi connectivity index (χ0) is 18.9. The molecule has 3 nitrogen and oxygen atoms in total. The molecule has 26 heavy (non-hydrogen) atoms. The van der Waals surface area contributed by atoms with E-state index in [0.29, 0.717) is 5.92 Å². The molecule has 0 spiro atoms. The van der Waals surface area contributed by atoms with Crippen molar-refractivity contribution in [2.45, 2.75) is 122 Å². The SMILES string of the molecule is CCCCCCCCCCPCC1C2(C)CC3(C)OC(C)(CC1(C)O3)O2. The molecule has 4 aliphatic heterocycles. The molecule has 0 saturated carbocycles. The summed E-state index contributed by atoms with van der Waals surface area (Å²) in [5, 5.41) is 0. The Morgan fingerprint density at radius 1 is 0.731 bits per heavy atom. The predicted octanol–water partition coefficient (Wildman–Crippen LogP) is 6.24. The van der Waals surface area contributed by atoms with Crippen molar-refractivity contribution in [1.82, 2.24) is 0 Å². The predicted molar refractivity (Wildman–Crippen MR) is 110 cm³/mol. The van der Waals surface area contributed by atoms with Gasteiger partial charge in [-0.05, 0) is 46.4 Å². The van der Waals surface area contributed by atoms with Crippen LogP contribution in [0.2, 0.25) is 0 Å². The van der Waals surface area contributed by atoms with Crippen LogP contribution >= 0.6 is 8.58 Å². The average Bonchev–Trinajstić information content (AvgIpc) is 2.47. The molecule has 0 aromatic rings. The van der Waals surface area contributed by atoms with Crippen LogP contribution in [-0.4, -0.2) is 35.1 Å². The van der Waals surface area contributed by atoms with E-state index in [-0.39, 0.29) is 11.2 Å². The van der Waals surface area contributed by atoms with Gasteiger partial charge in [0.1, 0.15) is 0 Å². The minimum atomic E-state index is -0.466. The second-order valence-corrected chi connectivity index (χ2v) is 11.2. The van der Waals surface area contributed by atoms with Gasteiger partial charge in [0.15, 0.2) is 11.6 Å². The third kappa shape index (κ3) is 4.48. The Kier molecular flexibility index (Phi) is 6.45. The van der Waals surface area contributed by atoms with Crippen molar-refractivity contribution < 1.29 is 14.2 Å². The van der Waals surface area contributed by atoms with Gasteiger partial charge < -0.3 is 14.2 Å². The lowest BCUT2D eigenvalue weighted by Gasteiger charge is -2.69. The van der Waals surface area contributed by atoms with E-state index in [2.05, 4.69) is 34.6 Å². The van der Waals surface area contributed by atoms with Crippen molar-refractivity contribution in [3.8, 4) is 0 Å². The lowest BCUT2D eigenvalue weighted by Crippen LogP contribution is -2.77. The number of hydrogen-bond donors (Lipinski definition) is 0. The number of hydrogen-bond acceptors (Lipinski definition) is 3. The minimum absolute atomic E-state index is 0.0979. The monoisotopic (exact) mass is 384 g/mol. The highest BCUT2D eigenvalue weighted by molar-refractivity contribution is 7.37. The molecule has 5 unspecified atom stereocenters. The zero-order valence-corrected chi connectivity index (χ0v) is 18.8. The lowest BCUT2D eigenvalue weighted by molar-refractivity contribution is -0.525. The van der Waals surface area contributed by atoms with Crippen molar-refractivity contribution in [3.05, 3.63) is 0 Å². The summed E-state index contributed by atoms with van der Waals surface area (Å²) in [6, 6.07) is 0. The first-order valence-corrected chi connectivity index (χ1v) is 12.5. The second kappa shape index (κ2) is 7.97.